The molecule has 2 heterocycles. The lowest BCUT2D eigenvalue weighted by atomic mass is 9.84. The fourth-order valence-electron chi connectivity index (χ4n) is 4.28. The van der Waals surface area contributed by atoms with Crippen molar-refractivity contribution in [1.82, 2.24) is 14.7 Å². The maximum atomic E-state index is 13.1. The van der Waals surface area contributed by atoms with Crippen molar-refractivity contribution in [2.45, 2.75) is 44.2 Å². The van der Waals surface area contributed by atoms with E-state index in [4.69, 9.17) is 0 Å². The van der Waals surface area contributed by atoms with Crippen LogP contribution in [0.15, 0.2) is 42.7 Å². The Bertz CT molecular complexity index is 786. The van der Waals surface area contributed by atoms with Gasteiger partial charge in [-0.3, -0.25) is 4.79 Å². The molecular weight excluding hydrogens is 318 g/mol. The minimum Gasteiger partial charge on any atom is -0.480 e. The van der Waals surface area contributed by atoms with Crippen LogP contribution in [-0.4, -0.2) is 43.7 Å². The van der Waals surface area contributed by atoms with Gasteiger partial charge in [0.1, 0.15) is 6.04 Å². The van der Waals surface area contributed by atoms with Crippen molar-refractivity contribution in [1.29, 1.82) is 0 Å². The van der Waals surface area contributed by atoms with Crippen molar-refractivity contribution >= 4 is 11.9 Å². The van der Waals surface area contributed by atoms with Crippen LogP contribution in [0.1, 0.15) is 42.5 Å². The molecule has 2 fully saturated rings. The second kappa shape index (κ2) is 6.35. The Hall–Kier alpha value is -2.63. The number of benzene rings is 1. The summed E-state index contributed by atoms with van der Waals surface area (Å²) in [4.78, 5) is 26.4. The van der Waals surface area contributed by atoms with Gasteiger partial charge in [0, 0.05) is 12.2 Å². The lowest BCUT2D eigenvalue weighted by Crippen LogP contribution is -2.46. The van der Waals surface area contributed by atoms with Crippen LogP contribution in [0.2, 0.25) is 0 Å². The van der Waals surface area contributed by atoms with Crippen LogP contribution >= 0.6 is 0 Å². The number of nitrogens with zero attached hydrogens (tertiary/aromatic N) is 3. The molecule has 6 heteroatoms. The number of hydrogen-bond acceptors (Lipinski definition) is 3. The van der Waals surface area contributed by atoms with Crippen LogP contribution < -0.4 is 0 Å². The summed E-state index contributed by atoms with van der Waals surface area (Å²) in [7, 11) is 0. The summed E-state index contributed by atoms with van der Waals surface area (Å²) < 4.78 is 1.65. The zero-order valence-electron chi connectivity index (χ0n) is 13.9. The predicted molar refractivity (Wildman–Crippen MR) is 91.5 cm³/mol. The fourth-order valence-corrected chi connectivity index (χ4v) is 4.28. The van der Waals surface area contributed by atoms with Crippen LogP contribution in [0.4, 0.5) is 0 Å². The van der Waals surface area contributed by atoms with Gasteiger partial charge in [0.25, 0.3) is 5.91 Å². The summed E-state index contributed by atoms with van der Waals surface area (Å²) in [5, 5.41) is 13.9. The first kappa shape index (κ1) is 15.9. The first-order valence-corrected chi connectivity index (χ1v) is 8.80. The third-order valence-electron chi connectivity index (χ3n) is 5.46. The van der Waals surface area contributed by atoms with E-state index in [2.05, 4.69) is 5.10 Å². The molecule has 0 radical (unpaired) electrons. The second-order valence-electron chi connectivity index (χ2n) is 6.92. The number of aliphatic carboxylic acids is 1. The van der Waals surface area contributed by atoms with Crippen molar-refractivity contribution < 1.29 is 14.7 Å². The summed E-state index contributed by atoms with van der Waals surface area (Å²) in [5.41, 5.74) is 1.31. The molecule has 0 spiro atoms. The molecule has 1 aromatic heterocycles. The van der Waals surface area contributed by atoms with Gasteiger partial charge >= 0.3 is 5.97 Å². The first-order valence-electron chi connectivity index (χ1n) is 8.80. The molecule has 1 saturated carbocycles. The van der Waals surface area contributed by atoms with E-state index in [1.54, 1.807) is 15.8 Å². The third-order valence-corrected chi connectivity index (χ3v) is 5.46. The van der Waals surface area contributed by atoms with Crippen LogP contribution in [0, 0.1) is 5.92 Å². The highest BCUT2D eigenvalue weighted by Gasteiger charge is 2.47. The van der Waals surface area contributed by atoms with Gasteiger partial charge in [-0.2, -0.15) is 5.10 Å². The number of carbonyl (C=O) groups is 2. The monoisotopic (exact) mass is 339 g/mol. The maximum Gasteiger partial charge on any atom is 0.326 e. The normalized spacial score (nSPS) is 25.6. The highest BCUT2D eigenvalue weighted by Crippen LogP contribution is 2.40. The SMILES string of the molecule is O=C(O)[C@@H]1C[C@@H]2CCCC[C@H]2N1C(=O)c1cnn(-c2ccccc2)c1. The lowest BCUT2D eigenvalue weighted by Gasteiger charge is -2.32. The van der Waals surface area contributed by atoms with Crippen LogP contribution in [-0.2, 0) is 4.79 Å². The minimum absolute atomic E-state index is 0.0439. The summed E-state index contributed by atoms with van der Waals surface area (Å²) >= 11 is 0. The molecule has 1 N–H and O–H groups in total. The zero-order chi connectivity index (χ0) is 17.4. The van der Waals surface area contributed by atoms with Gasteiger partial charge in [-0.05, 0) is 37.3 Å². The summed E-state index contributed by atoms with van der Waals surface area (Å²) in [6.07, 6.45) is 7.88. The molecule has 25 heavy (non-hydrogen) atoms. The fraction of sp³-hybridized carbons (Fsp3) is 0.421. The maximum absolute atomic E-state index is 13.1. The molecule has 2 aromatic rings. The number of carbonyl (C=O) groups excluding carboxylic acids is 1. The Morgan fingerprint density at radius 3 is 2.64 bits per heavy atom. The molecule has 1 aliphatic carbocycles. The molecule has 0 bridgehead atoms. The van der Waals surface area contributed by atoms with Gasteiger partial charge in [0.2, 0.25) is 0 Å². The lowest BCUT2D eigenvalue weighted by molar-refractivity contribution is -0.141. The molecule has 1 saturated heterocycles. The topological polar surface area (TPSA) is 75.4 Å². The van der Waals surface area contributed by atoms with Gasteiger partial charge in [0.15, 0.2) is 0 Å². The number of aromatic nitrogens is 2. The van der Waals surface area contributed by atoms with Gasteiger partial charge in [0.05, 0.1) is 17.4 Å². The number of rotatable bonds is 3. The van der Waals surface area contributed by atoms with E-state index >= 15 is 0 Å². The van der Waals surface area contributed by atoms with Crippen LogP contribution in [0.5, 0.6) is 0 Å². The van der Waals surface area contributed by atoms with Gasteiger partial charge in [-0.15, -0.1) is 0 Å². The Morgan fingerprint density at radius 1 is 1.12 bits per heavy atom. The zero-order valence-corrected chi connectivity index (χ0v) is 13.9. The summed E-state index contributed by atoms with van der Waals surface area (Å²) in [6.45, 7) is 0. The molecule has 1 aliphatic heterocycles. The van der Waals surface area contributed by atoms with E-state index < -0.39 is 12.0 Å². The van der Waals surface area contributed by atoms with Gasteiger partial charge in [-0.25, -0.2) is 9.48 Å². The molecule has 6 nitrogen and oxygen atoms in total. The largest absolute Gasteiger partial charge is 0.480 e. The highest BCUT2D eigenvalue weighted by atomic mass is 16.4. The van der Waals surface area contributed by atoms with E-state index in [1.165, 1.54) is 6.20 Å². The number of hydrogen-bond donors (Lipinski definition) is 1. The number of para-hydroxylation sites is 1. The van der Waals surface area contributed by atoms with Crippen LogP contribution in [0.25, 0.3) is 5.69 Å². The van der Waals surface area contributed by atoms with Crippen molar-refractivity contribution in [2.24, 2.45) is 5.92 Å². The first-order chi connectivity index (χ1) is 12.1. The predicted octanol–water partition coefficient (Wildman–Crippen LogP) is 2.73. The van der Waals surface area contributed by atoms with Gasteiger partial charge < -0.3 is 10.0 Å². The molecule has 0 unspecified atom stereocenters. The molecule has 130 valence electrons. The number of carboxylic acids is 1. The Labute approximate surface area is 146 Å². The summed E-state index contributed by atoms with van der Waals surface area (Å²) in [6, 6.07) is 8.88. The van der Waals surface area contributed by atoms with E-state index in [0.717, 1.165) is 31.4 Å². The number of fused-ring (bicyclic) bond motifs is 1. The van der Waals surface area contributed by atoms with Crippen molar-refractivity contribution in [3.63, 3.8) is 0 Å². The highest BCUT2D eigenvalue weighted by molar-refractivity contribution is 5.97. The van der Waals surface area contributed by atoms with E-state index in [1.807, 2.05) is 30.3 Å². The Balaban J connectivity index is 1.63. The molecule has 1 aromatic carbocycles. The molecule has 3 atom stereocenters. The Kier molecular flexibility index (Phi) is 4.03. The molecule has 1 amide bonds. The molecule has 2 aliphatic rings. The molecular formula is C19H21N3O3. The van der Waals surface area contributed by atoms with Crippen LogP contribution in [0.3, 0.4) is 0 Å². The van der Waals surface area contributed by atoms with Crippen molar-refractivity contribution in [3.05, 3.63) is 48.3 Å². The standard InChI is InChI=1S/C19H21N3O3/c23-18(14-11-20-21(12-14)15-7-2-1-3-8-15)22-16-9-5-4-6-13(16)10-17(22)19(24)25/h1-3,7-8,11-13,16-17H,4-6,9-10H2,(H,24,25)/t13-,16+,17-/m0/s1. The second-order valence-corrected chi connectivity index (χ2v) is 6.92. The minimum atomic E-state index is -0.904. The van der Waals surface area contributed by atoms with Crippen molar-refractivity contribution in [2.75, 3.05) is 0 Å². The number of carboxylic acid groups (broad SMARTS) is 1. The van der Waals surface area contributed by atoms with E-state index in [9.17, 15) is 14.7 Å². The molecule has 4 rings (SSSR count). The Morgan fingerprint density at radius 2 is 1.88 bits per heavy atom. The van der Waals surface area contributed by atoms with Gasteiger partial charge in [-0.1, -0.05) is 31.0 Å². The van der Waals surface area contributed by atoms with E-state index in [0.29, 0.717) is 17.9 Å². The number of amides is 1. The van der Waals surface area contributed by atoms with Crippen molar-refractivity contribution in [3.8, 4) is 5.69 Å². The quantitative estimate of drug-likeness (QED) is 0.933. The smallest absolute Gasteiger partial charge is 0.326 e. The average molecular weight is 339 g/mol. The van der Waals surface area contributed by atoms with E-state index in [-0.39, 0.29) is 11.9 Å². The number of likely N-dealkylation sites (tertiary alicyclic amines) is 1. The summed E-state index contributed by atoms with van der Waals surface area (Å²) in [5.74, 6) is -0.815. The average Bonchev–Trinajstić information content (AvgIpc) is 3.27. The third kappa shape index (κ3) is 2.81.